The first-order valence-corrected chi connectivity index (χ1v) is 14.9. The van der Waals surface area contributed by atoms with Gasteiger partial charge in [-0.15, -0.1) is 0 Å². The number of nitrogen functional groups attached to an aromatic ring is 1. The van der Waals surface area contributed by atoms with Gasteiger partial charge in [-0.1, -0.05) is 0 Å². The lowest BCUT2D eigenvalue weighted by molar-refractivity contribution is -0.138. The van der Waals surface area contributed by atoms with Gasteiger partial charge in [0, 0.05) is 64.6 Å². The Kier molecular flexibility index (Phi) is 10.9. The molecule has 5 heterocycles. The predicted molar refractivity (Wildman–Crippen MR) is 157 cm³/mol. The third kappa shape index (κ3) is 8.33. The van der Waals surface area contributed by atoms with Crippen molar-refractivity contribution in [1.82, 2.24) is 34.7 Å². The number of alkyl halides is 3. The highest BCUT2D eigenvalue weighted by atomic mass is 19.3. The number of halogens is 3. The van der Waals surface area contributed by atoms with Crippen LogP contribution in [0.5, 0.6) is 0 Å². The van der Waals surface area contributed by atoms with Crippen molar-refractivity contribution in [3.8, 4) is 11.4 Å². The van der Waals surface area contributed by atoms with Gasteiger partial charge < -0.3 is 34.8 Å². The Hall–Kier alpha value is -4.12. The Morgan fingerprint density at radius 2 is 1.71 bits per heavy atom. The zero-order chi connectivity index (χ0) is 31.8. The zero-order valence-electron chi connectivity index (χ0n) is 24.9. The monoisotopic (exact) mass is 634 g/mol. The third-order valence-corrected chi connectivity index (χ3v) is 7.86. The molecule has 2 amide bonds. The zero-order valence-corrected chi connectivity index (χ0v) is 24.9. The number of carbonyl (C=O) groups is 2. The first-order chi connectivity index (χ1) is 21.8. The van der Waals surface area contributed by atoms with Gasteiger partial charge in [0.25, 0.3) is 6.43 Å². The predicted octanol–water partition coefficient (Wildman–Crippen LogP) is 1.11. The standard InChI is InChI=1S/C28H37F3N10O4/c29-5-1-4-21(42)41-6-2-3-19(16-41)17-45-18-22(43)38-7-9-39(10-8-38)27-35-25(20-15-33-26(32)34-23(20)24(30)31)36-28(37-27)40-11-13-44-14-12-40/h1,4,15,19,24H,2-3,5-14,16-18H2,(H2,32,33,34)/b4-1+/t19-/m1/s1. The fraction of sp³-hybridized carbons (Fsp3) is 0.607. The van der Waals surface area contributed by atoms with Crippen molar-refractivity contribution in [3.05, 3.63) is 24.0 Å². The van der Waals surface area contributed by atoms with Gasteiger partial charge in [0.05, 0.1) is 25.4 Å². The number of likely N-dealkylation sites (tertiary alicyclic amines) is 1. The van der Waals surface area contributed by atoms with Gasteiger partial charge in [-0.3, -0.25) is 9.59 Å². The van der Waals surface area contributed by atoms with E-state index in [-0.39, 0.29) is 41.7 Å². The van der Waals surface area contributed by atoms with Crippen molar-refractivity contribution in [2.75, 3.05) is 101 Å². The fourth-order valence-electron chi connectivity index (χ4n) is 5.48. The number of piperazine rings is 1. The van der Waals surface area contributed by atoms with E-state index in [2.05, 4.69) is 24.9 Å². The minimum absolute atomic E-state index is 0.00473. The molecule has 2 aromatic rings. The van der Waals surface area contributed by atoms with Gasteiger partial charge >= 0.3 is 0 Å². The van der Waals surface area contributed by atoms with Gasteiger partial charge in [0.15, 0.2) is 5.82 Å². The van der Waals surface area contributed by atoms with E-state index in [1.165, 1.54) is 18.3 Å². The van der Waals surface area contributed by atoms with Crippen molar-refractivity contribution in [2.24, 2.45) is 5.92 Å². The van der Waals surface area contributed by atoms with E-state index in [1.807, 2.05) is 9.80 Å². The molecular weight excluding hydrogens is 597 g/mol. The number of ether oxygens (including phenoxy) is 2. The molecule has 2 aromatic heterocycles. The van der Waals surface area contributed by atoms with Crippen molar-refractivity contribution in [2.45, 2.75) is 19.3 Å². The van der Waals surface area contributed by atoms with E-state index in [9.17, 15) is 22.8 Å². The summed E-state index contributed by atoms with van der Waals surface area (Å²) in [6.07, 6.45) is 2.42. The number of rotatable bonds is 10. The molecule has 0 radical (unpaired) electrons. The van der Waals surface area contributed by atoms with Gasteiger partial charge in [0.2, 0.25) is 29.7 Å². The number of hydrogen-bond acceptors (Lipinski definition) is 12. The molecule has 3 aliphatic rings. The quantitative estimate of drug-likeness (QED) is 0.372. The number of anilines is 3. The SMILES string of the molecule is Nc1ncc(-c2nc(N3CCOCC3)nc(N3CCN(C(=O)COC[C@@H]4CCCN(C(=O)/C=C/CF)C4)CC3)n2)c(C(F)F)n1. The molecule has 244 valence electrons. The smallest absolute Gasteiger partial charge is 0.281 e. The Labute approximate surface area is 258 Å². The summed E-state index contributed by atoms with van der Waals surface area (Å²) < 4.78 is 51.3. The van der Waals surface area contributed by atoms with Crippen LogP contribution in [-0.4, -0.2) is 132 Å². The summed E-state index contributed by atoms with van der Waals surface area (Å²) in [4.78, 5) is 53.5. The number of allylic oxidation sites excluding steroid dienone is 1. The minimum Gasteiger partial charge on any atom is -0.378 e. The molecule has 0 aliphatic carbocycles. The number of nitrogens with zero attached hydrogens (tertiary/aromatic N) is 9. The van der Waals surface area contributed by atoms with Crippen LogP contribution >= 0.6 is 0 Å². The molecule has 3 aliphatic heterocycles. The van der Waals surface area contributed by atoms with Crippen LogP contribution in [-0.2, 0) is 19.1 Å². The van der Waals surface area contributed by atoms with Crippen molar-refractivity contribution < 1.29 is 32.2 Å². The lowest BCUT2D eigenvalue weighted by Gasteiger charge is -2.35. The van der Waals surface area contributed by atoms with E-state index >= 15 is 0 Å². The van der Waals surface area contributed by atoms with Gasteiger partial charge in [-0.2, -0.15) is 15.0 Å². The molecule has 1 atom stereocenters. The molecule has 3 fully saturated rings. The maximum atomic E-state index is 13.9. The van der Waals surface area contributed by atoms with Crippen LogP contribution < -0.4 is 15.5 Å². The van der Waals surface area contributed by atoms with Gasteiger partial charge in [0.1, 0.15) is 19.0 Å². The summed E-state index contributed by atoms with van der Waals surface area (Å²) in [6.45, 7) is 4.27. The molecule has 0 unspecified atom stereocenters. The summed E-state index contributed by atoms with van der Waals surface area (Å²) >= 11 is 0. The van der Waals surface area contributed by atoms with E-state index in [0.717, 1.165) is 12.8 Å². The van der Waals surface area contributed by atoms with Crippen LogP contribution in [0.4, 0.5) is 31.0 Å². The molecule has 3 saturated heterocycles. The first kappa shape index (κ1) is 32.3. The minimum atomic E-state index is -2.92. The number of nitrogens with two attached hydrogens (primary N) is 1. The molecule has 0 bridgehead atoms. The van der Waals surface area contributed by atoms with Crippen LogP contribution in [0.15, 0.2) is 18.3 Å². The molecule has 0 aromatic carbocycles. The number of carbonyl (C=O) groups excluding carboxylic acids is 2. The van der Waals surface area contributed by atoms with E-state index in [0.29, 0.717) is 84.1 Å². The average Bonchev–Trinajstić information content (AvgIpc) is 3.07. The Bertz CT molecular complexity index is 1360. The Morgan fingerprint density at radius 1 is 1.00 bits per heavy atom. The van der Waals surface area contributed by atoms with E-state index in [4.69, 9.17) is 15.2 Å². The van der Waals surface area contributed by atoms with Gasteiger partial charge in [-0.25, -0.2) is 23.1 Å². The fourth-order valence-corrected chi connectivity index (χ4v) is 5.48. The van der Waals surface area contributed by atoms with Crippen LogP contribution in [0.3, 0.4) is 0 Å². The summed E-state index contributed by atoms with van der Waals surface area (Å²) in [5.41, 5.74) is 4.96. The first-order valence-electron chi connectivity index (χ1n) is 14.9. The number of amides is 2. The van der Waals surface area contributed by atoms with Crippen LogP contribution in [0.1, 0.15) is 25.0 Å². The largest absolute Gasteiger partial charge is 0.378 e. The van der Waals surface area contributed by atoms with Crippen molar-refractivity contribution in [1.29, 1.82) is 0 Å². The van der Waals surface area contributed by atoms with Crippen LogP contribution in [0.2, 0.25) is 0 Å². The summed E-state index contributed by atoms with van der Waals surface area (Å²) in [7, 11) is 0. The van der Waals surface area contributed by atoms with E-state index in [1.54, 1.807) is 9.80 Å². The molecule has 0 saturated carbocycles. The second-order valence-electron chi connectivity index (χ2n) is 10.9. The summed E-state index contributed by atoms with van der Waals surface area (Å²) in [5, 5.41) is 0. The highest BCUT2D eigenvalue weighted by Gasteiger charge is 2.28. The molecule has 0 spiro atoms. The van der Waals surface area contributed by atoms with Crippen LogP contribution in [0.25, 0.3) is 11.4 Å². The van der Waals surface area contributed by atoms with Crippen LogP contribution in [0, 0.1) is 5.92 Å². The molecule has 17 heteroatoms. The number of hydrogen-bond donors (Lipinski definition) is 1. The van der Waals surface area contributed by atoms with Gasteiger partial charge in [-0.05, 0) is 24.8 Å². The number of aromatic nitrogens is 5. The highest BCUT2D eigenvalue weighted by Crippen LogP contribution is 2.30. The van der Waals surface area contributed by atoms with Crippen molar-refractivity contribution in [3.63, 3.8) is 0 Å². The lowest BCUT2D eigenvalue weighted by atomic mass is 9.99. The Balaban J connectivity index is 1.20. The normalized spacial score (nSPS) is 19.5. The lowest BCUT2D eigenvalue weighted by Crippen LogP contribution is -2.50. The molecule has 45 heavy (non-hydrogen) atoms. The topological polar surface area (TPSA) is 156 Å². The third-order valence-electron chi connectivity index (χ3n) is 7.86. The molecule has 2 N–H and O–H groups in total. The maximum Gasteiger partial charge on any atom is 0.281 e. The summed E-state index contributed by atoms with van der Waals surface area (Å²) in [6, 6.07) is 0. The molecular formula is C28H37F3N10O4. The van der Waals surface area contributed by atoms with E-state index < -0.39 is 18.8 Å². The average molecular weight is 635 g/mol. The maximum absolute atomic E-state index is 13.9. The highest BCUT2D eigenvalue weighted by molar-refractivity contribution is 5.87. The number of morpholine rings is 1. The number of piperidine rings is 1. The van der Waals surface area contributed by atoms with Crippen molar-refractivity contribution >= 4 is 29.7 Å². The molecule has 14 nitrogen and oxygen atoms in total. The second kappa shape index (κ2) is 15.2. The Morgan fingerprint density at radius 3 is 2.40 bits per heavy atom. The summed E-state index contributed by atoms with van der Waals surface area (Å²) in [5.74, 6) is 0.0651. The second-order valence-corrected chi connectivity index (χ2v) is 10.9. The molecule has 5 rings (SSSR count).